The Morgan fingerprint density at radius 1 is 1.32 bits per heavy atom. The number of aromatic nitrogens is 2. The van der Waals surface area contributed by atoms with Gasteiger partial charge in [0.15, 0.2) is 0 Å². The van der Waals surface area contributed by atoms with Crippen LogP contribution in [-0.2, 0) is 20.1 Å². The lowest BCUT2D eigenvalue weighted by Gasteiger charge is -2.09. The van der Waals surface area contributed by atoms with Crippen molar-refractivity contribution in [3.05, 3.63) is 47.0 Å². The van der Waals surface area contributed by atoms with Crippen molar-refractivity contribution in [3.8, 4) is 5.75 Å². The highest BCUT2D eigenvalue weighted by Gasteiger charge is 2.06. The lowest BCUT2D eigenvalue weighted by molar-refractivity contribution is 0.289. The van der Waals surface area contributed by atoms with Crippen LogP contribution in [0.2, 0.25) is 0 Å². The summed E-state index contributed by atoms with van der Waals surface area (Å²) in [4.78, 5) is 4.52. The normalized spacial score (nSPS) is 10.7. The van der Waals surface area contributed by atoms with Gasteiger partial charge < -0.3 is 15.0 Å². The fourth-order valence-corrected chi connectivity index (χ4v) is 2.08. The zero-order valence-electron chi connectivity index (χ0n) is 11.8. The van der Waals surface area contributed by atoms with Crippen LogP contribution in [0.3, 0.4) is 0 Å². The van der Waals surface area contributed by atoms with Crippen LogP contribution in [0.25, 0.3) is 0 Å². The van der Waals surface area contributed by atoms with Crippen molar-refractivity contribution in [2.24, 2.45) is 12.8 Å². The molecule has 0 aliphatic heterocycles. The molecule has 0 bridgehead atoms. The van der Waals surface area contributed by atoms with Gasteiger partial charge in [0.25, 0.3) is 0 Å². The molecule has 0 amide bonds. The van der Waals surface area contributed by atoms with E-state index in [9.17, 15) is 0 Å². The topological polar surface area (TPSA) is 53.1 Å². The highest BCUT2D eigenvalue weighted by atomic mass is 16.5. The van der Waals surface area contributed by atoms with Gasteiger partial charge in [-0.25, -0.2) is 4.98 Å². The van der Waals surface area contributed by atoms with Gasteiger partial charge in [-0.3, -0.25) is 0 Å². The smallest absolute Gasteiger partial charge is 0.146 e. The van der Waals surface area contributed by atoms with Crippen LogP contribution >= 0.6 is 0 Å². The predicted molar refractivity (Wildman–Crippen MR) is 76.2 cm³/mol. The highest BCUT2D eigenvalue weighted by molar-refractivity contribution is 5.35. The van der Waals surface area contributed by atoms with Gasteiger partial charge in [0.1, 0.15) is 18.2 Å². The predicted octanol–water partition coefficient (Wildman–Crippen LogP) is 2.12. The Balaban J connectivity index is 2.05. The lowest BCUT2D eigenvalue weighted by atomic mass is 10.1. The number of hydrogen-bond acceptors (Lipinski definition) is 3. The summed E-state index contributed by atoms with van der Waals surface area (Å²) in [6.07, 6.45) is 2.81. The number of nitrogens with two attached hydrogens (primary N) is 1. The molecule has 0 aliphatic rings. The molecule has 4 nitrogen and oxygen atoms in total. The first-order chi connectivity index (χ1) is 9.10. The van der Waals surface area contributed by atoms with Crippen LogP contribution in [0.1, 0.15) is 22.6 Å². The number of ether oxygens (including phenoxy) is 1. The van der Waals surface area contributed by atoms with E-state index in [2.05, 4.69) is 31.0 Å². The Bertz CT molecular complexity index is 561. The molecule has 0 radical (unpaired) electrons. The maximum absolute atomic E-state index is 5.84. The van der Waals surface area contributed by atoms with E-state index in [1.807, 2.05) is 23.9 Å². The zero-order valence-corrected chi connectivity index (χ0v) is 11.8. The summed E-state index contributed by atoms with van der Waals surface area (Å²) in [5, 5.41) is 0. The summed E-state index contributed by atoms with van der Waals surface area (Å²) in [5.41, 5.74) is 8.95. The van der Waals surface area contributed by atoms with Gasteiger partial charge in [0, 0.05) is 19.7 Å². The average molecular weight is 259 g/mol. The third kappa shape index (κ3) is 3.35. The second-order valence-electron chi connectivity index (χ2n) is 4.86. The molecule has 102 valence electrons. The van der Waals surface area contributed by atoms with Gasteiger partial charge in [0.05, 0.1) is 5.69 Å². The molecule has 0 fully saturated rings. The maximum atomic E-state index is 5.84. The van der Waals surface area contributed by atoms with Crippen LogP contribution in [0, 0.1) is 13.8 Å². The molecular formula is C15H21N3O. The lowest BCUT2D eigenvalue weighted by Crippen LogP contribution is -2.04. The van der Waals surface area contributed by atoms with Crippen molar-refractivity contribution in [1.29, 1.82) is 0 Å². The molecule has 19 heavy (non-hydrogen) atoms. The fourth-order valence-electron chi connectivity index (χ4n) is 2.08. The maximum Gasteiger partial charge on any atom is 0.146 e. The summed E-state index contributed by atoms with van der Waals surface area (Å²) >= 11 is 0. The standard InChI is InChI=1S/C15H21N3O/c1-11-4-5-14(12(2)8-11)19-10-15-17-13(6-7-16)9-18(15)3/h4-5,8-9H,6-7,10,16H2,1-3H3. The molecule has 0 unspecified atom stereocenters. The van der Waals surface area contributed by atoms with Gasteiger partial charge in [0.2, 0.25) is 0 Å². The second kappa shape index (κ2) is 5.89. The number of rotatable bonds is 5. The third-order valence-corrected chi connectivity index (χ3v) is 3.11. The number of nitrogens with zero attached hydrogens (tertiary/aromatic N) is 2. The van der Waals surface area contributed by atoms with Gasteiger partial charge in [-0.15, -0.1) is 0 Å². The Morgan fingerprint density at radius 2 is 2.11 bits per heavy atom. The molecule has 4 heteroatoms. The van der Waals surface area contributed by atoms with Gasteiger partial charge in [-0.1, -0.05) is 17.7 Å². The molecule has 2 aromatic rings. The van der Waals surface area contributed by atoms with Gasteiger partial charge in [-0.05, 0) is 32.0 Å². The van der Waals surface area contributed by atoms with E-state index in [0.29, 0.717) is 13.2 Å². The van der Waals surface area contributed by atoms with Gasteiger partial charge in [-0.2, -0.15) is 0 Å². The summed E-state index contributed by atoms with van der Waals surface area (Å²) in [5.74, 6) is 1.83. The van der Waals surface area contributed by atoms with Crippen molar-refractivity contribution in [3.63, 3.8) is 0 Å². The minimum Gasteiger partial charge on any atom is -0.485 e. The Morgan fingerprint density at radius 3 is 2.79 bits per heavy atom. The summed E-state index contributed by atoms with van der Waals surface area (Å²) in [6.45, 7) is 5.23. The number of aryl methyl sites for hydroxylation is 3. The number of imidazole rings is 1. The molecule has 1 aromatic heterocycles. The quantitative estimate of drug-likeness (QED) is 0.894. The van der Waals surface area contributed by atoms with E-state index in [0.717, 1.165) is 29.3 Å². The molecule has 2 N–H and O–H groups in total. The number of hydrogen-bond donors (Lipinski definition) is 1. The molecule has 0 saturated heterocycles. The monoisotopic (exact) mass is 259 g/mol. The Labute approximate surface area is 114 Å². The van der Waals surface area contributed by atoms with Crippen molar-refractivity contribution in [2.45, 2.75) is 26.9 Å². The summed E-state index contributed by atoms with van der Waals surface area (Å²) < 4.78 is 7.83. The van der Waals surface area contributed by atoms with Crippen LogP contribution in [0.5, 0.6) is 5.75 Å². The second-order valence-corrected chi connectivity index (χ2v) is 4.86. The van der Waals surface area contributed by atoms with E-state index in [1.165, 1.54) is 5.56 Å². The fraction of sp³-hybridized carbons (Fsp3) is 0.400. The van der Waals surface area contributed by atoms with E-state index in [1.54, 1.807) is 0 Å². The van der Waals surface area contributed by atoms with Crippen molar-refractivity contribution >= 4 is 0 Å². The van der Waals surface area contributed by atoms with Crippen molar-refractivity contribution in [2.75, 3.05) is 6.54 Å². The average Bonchev–Trinajstić information content (AvgIpc) is 2.69. The summed E-state index contributed by atoms with van der Waals surface area (Å²) in [7, 11) is 1.98. The Hall–Kier alpha value is -1.81. The van der Waals surface area contributed by atoms with E-state index < -0.39 is 0 Å². The largest absolute Gasteiger partial charge is 0.485 e. The minimum atomic E-state index is 0.477. The van der Waals surface area contributed by atoms with Crippen LogP contribution in [0.4, 0.5) is 0 Å². The summed E-state index contributed by atoms with van der Waals surface area (Å²) in [6, 6.07) is 6.18. The van der Waals surface area contributed by atoms with Crippen molar-refractivity contribution < 1.29 is 4.74 Å². The molecule has 0 spiro atoms. The molecule has 0 saturated carbocycles. The first-order valence-corrected chi connectivity index (χ1v) is 6.51. The first kappa shape index (κ1) is 13.6. The Kier molecular flexibility index (Phi) is 4.22. The first-order valence-electron chi connectivity index (χ1n) is 6.51. The number of benzene rings is 1. The molecule has 0 atom stereocenters. The van der Waals surface area contributed by atoms with E-state index in [4.69, 9.17) is 10.5 Å². The van der Waals surface area contributed by atoms with E-state index >= 15 is 0 Å². The zero-order chi connectivity index (χ0) is 13.8. The minimum absolute atomic E-state index is 0.477. The molecule has 2 rings (SSSR count). The molecule has 1 aromatic carbocycles. The van der Waals surface area contributed by atoms with Crippen LogP contribution in [-0.4, -0.2) is 16.1 Å². The SMILES string of the molecule is Cc1ccc(OCc2nc(CCN)cn2C)c(C)c1. The third-order valence-electron chi connectivity index (χ3n) is 3.11. The highest BCUT2D eigenvalue weighted by Crippen LogP contribution is 2.19. The molecule has 1 heterocycles. The molecular weight excluding hydrogens is 238 g/mol. The van der Waals surface area contributed by atoms with Crippen LogP contribution in [0.15, 0.2) is 24.4 Å². The van der Waals surface area contributed by atoms with E-state index in [-0.39, 0.29) is 0 Å². The molecule has 0 aliphatic carbocycles. The van der Waals surface area contributed by atoms with Gasteiger partial charge >= 0.3 is 0 Å². The van der Waals surface area contributed by atoms with Crippen LogP contribution < -0.4 is 10.5 Å². The van der Waals surface area contributed by atoms with Crippen molar-refractivity contribution in [1.82, 2.24) is 9.55 Å².